The fraction of sp³-hybridized carbons (Fsp3) is 0.304. The van der Waals surface area contributed by atoms with Gasteiger partial charge in [-0.05, 0) is 60.5 Å². The molecule has 0 radical (unpaired) electrons. The third-order valence-corrected chi connectivity index (χ3v) is 9.13. The summed E-state index contributed by atoms with van der Waals surface area (Å²) in [5.74, 6) is -4.41. The molecule has 0 saturated carbocycles. The highest BCUT2D eigenvalue weighted by atomic mass is 35.5. The summed E-state index contributed by atoms with van der Waals surface area (Å²) in [5.41, 5.74) is 1.51. The van der Waals surface area contributed by atoms with Gasteiger partial charge in [0.2, 0.25) is 0 Å². The Morgan fingerprint density at radius 2 is 1.86 bits per heavy atom. The number of alkyl halides is 5. The minimum atomic E-state index is -4.82. The number of rotatable bonds is 8. The summed E-state index contributed by atoms with van der Waals surface area (Å²) in [7, 11) is -4.35. The lowest BCUT2D eigenvalue weighted by molar-refractivity contribution is -0.274. The summed E-state index contributed by atoms with van der Waals surface area (Å²) in [5, 5.41) is 0. The van der Waals surface area contributed by atoms with E-state index >= 15 is 0 Å². The minimum Gasteiger partial charge on any atom is -0.406 e. The molecule has 0 spiro atoms. The van der Waals surface area contributed by atoms with E-state index in [0.717, 1.165) is 23.5 Å². The molecule has 1 fully saturated rings. The van der Waals surface area contributed by atoms with Crippen molar-refractivity contribution in [2.75, 3.05) is 6.54 Å². The second kappa shape index (κ2) is 10.3. The SMILES string of the molecule is O=C(CCc1ccnc(-c2ccc(OC(F)(F)F)cc2)c1)[C@@H]1CC(F)(F)CN1S(=O)(=O)c1ccc(Cl)s1. The number of hydrogen-bond donors (Lipinski definition) is 0. The van der Waals surface area contributed by atoms with Gasteiger partial charge in [0.15, 0.2) is 5.78 Å². The van der Waals surface area contributed by atoms with Gasteiger partial charge in [0, 0.05) is 24.6 Å². The van der Waals surface area contributed by atoms with E-state index in [2.05, 4.69) is 9.72 Å². The highest BCUT2D eigenvalue weighted by molar-refractivity contribution is 7.91. The highest BCUT2D eigenvalue weighted by Crippen LogP contribution is 2.39. The molecule has 3 aromatic rings. The Labute approximate surface area is 217 Å². The number of benzene rings is 1. The van der Waals surface area contributed by atoms with Gasteiger partial charge >= 0.3 is 6.36 Å². The van der Waals surface area contributed by atoms with Crippen molar-refractivity contribution in [1.29, 1.82) is 0 Å². The van der Waals surface area contributed by atoms with Crippen LogP contribution in [-0.2, 0) is 21.2 Å². The molecule has 0 aliphatic carbocycles. The van der Waals surface area contributed by atoms with E-state index in [1.165, 1.54) is 30.5 Å². The van der Waals surface area contributed by atoms with Crippen molar-refractivity contribution < 1.29 is 39.9 Å². The molecule has 1 aliphatic heterocycles. The summed E-state index contributed by atoms with van der Waals surface area (Å²) >= 11 is 6.52. The van der Waals surface area contributed by atoms with Gasteiger partial charge in [0.1, 0.15) is 9.96 Å². The number of ketones is 1. The van der Waals surface area contributed by atoms with E-state index in [-0.39, 0.29) is 21.4 Å². The van der Waals surface area contributed by atoms with Gasteiger partial charge in [0.25, 0.3) is 15.9 Å². The molecule has 0 bridgehead atoms. The number of aromatic nitrogens is 1. The second-order valence-electron chi connectivity index (χ2n) is 8.27. The van der Waals surface area contributed by atoms with Crippen LogP contribution < -0.4 is 4.74 Å². The standard InChI is InChI=1S/C23H18ClF5N2O4S2/c24-20-7-8-21(36-20)37(33,34)31-13-22(25,26)12-18(31)19(32)6-1-14-9-10-30-17(11-14)15-2-4-16(5-3-15)35-23(27,28)29/h2-5,7-11,18H,1,6,12-13H2/t18-/m0/s1. The second-order valence-corrected chi connectivity index (χ2v) is 12.1. The zero-order valence-electron chi connectivity index (χ0n) is 18.7. The quantitative estimate of drug-likeness (QED) is 0.307. The molecular weight excluding hydrogens is 563 g/mol. The summed E-state index contributed by atoms with van der Waals surface area (Å²) in [6.07, 6.45) is -4.39. The van der Waals surface area contributed by atoms with Gasteiger partial charge < -0.3 is 4.74 Å². The van der Waals surface area contributed by atoms with Crippen LogP contribution in [0.2, 0.25) is 4.34 Å². The van der Waals surface area contributed by atoms with Crippen molar-refractivity contribution in [3.63, 3.8) is 0 Å². The van der Waals surface area contributed by atoms with E-state index in [9.17, 15) is 35.2 Å². The maximum Gasteiger partial charge on any atom is 0.573 e. The molecule has 198 valence electrons. The fourth-order valence-corrected chi connectivity index (χ4v) is 7.16. The number of thiophene rings is 1. The van der Waals surface area contributed by atoms with E-state index in [1.807, 2.05) is 0 Å². The molecule has 1 aromatic carbocycles. The molecule has 4 rings (SSSR count). The van der Waals surface area contributed by atoms with Crippen molar-refractivity contribution in [3.05, 3.63) is 64.6 Å². The molecule has 1 aliphatic rings. The Morgan fingerprint density at radius 1 is 1.16 bits per heavy atom. The Hall–Kier alpha value is -2.61. The number of halogens is 6. The Balaban J connectivity index is 1.46. The molecule has 37 heavy (non-hydrogen) atoms. The van der Waals surface area contributed by atoms with Crippen LogP contribution in [0.4, 0.5) is 22.0 Å². The normalized spacial score (nSPS) is 18.2. The molecule has 14 heteroatoms. The maximum absolute atomic E-state index is 14.2. The minimum absolute atomic E-state index is 0.115. The number of sulfonamides is 1. The van der Waals surface area contributed by atoms with Gasteiger partial charge in [-0.3, -0.25) is 9.78 Å². The van der Waals surface area contributed by atoms with Gasteiger partial charge in [-0.2, -0.15) is 4.31 Å². The molecule has 1 saturated heterocycles. The number of carbonyl (C=O) groups excluding carboxylic acids is 1. The van der Waals surface area contributed by atoms with Crippen LogP contribution in [0.25, 0.3) is 11.3 Å². The van der Waals surface area contributed by atoms with Crippen molar-refractivity contribution in [2.24, 2.45) is 0 Å². The van der Waals surface area contributed by atoms with Crippen molar-refractivity contribution in [3.8, 4) is 17.0 Å². The van der Waals surface area contributed by atoms with Gasteiger partial charge in [-0.25, -0.2) is 17.2 Å². The smallest absolute Gasteiger partial charge is 0.406 e. The average molecular weight is 581 g/mol. The molecule has 2 aromatic heterocycles. The lowest BCUT2D eigenvalue weighted by Crippen LogP contribution is -2.40. The zero-order chi connectivity index (χ0) is 27.0. The molecule has 1 atom stereocenters. The molecule has 3 heterocycles. The topological polar surface area (TPSA) is 76.6 Å². The van der Waals surface area contributed by atoms with Gasteiger partial charge in [0.05, 0.1) is 22.6 Å². The lowest BCUT2D eigenvalue weighted by atomic mass is 10.0. The number of hydrogen-bond acceptors (Lipinski definition) is 6. The first-order valence-corrected chi connectivity index (χ1v) is 13.4. The van der Waals surface area contributed by atoms with Crippen LogP contribution in [-0.4, -0.2) is 48.4 Å². The number of carbonyl (C=O) groups is 1. The summed E-state index contributed by atoms with van der Waals surface area (Å²) in [6, 6.07) is 9.28. The first kappa shape index (κ1) is 27.4. The summed E-state index contributed by atoms with van der Waals surface area (Å²) in [4.78, 5) is 17.1. The van der Waals surface area contributed by atoms with Crippen molar-refractivity contribution in [1.82, 2.24) is 9.29 Å². The number of nitrogens with zero attached hydrogens (tertiary/aromatic N) is 2. The van der Waals surface area contributed by atoms with Gasteiger partial charge in [-0.1, -0.05) is 11.6 Å². The zero-order valence-corrected chi connectivity index (χ0v) is 21.1. The van der Waals surface area contributed by atoms with Crippen LogP contribution in [0.5, 0.6) is 5.75 Å². The monoisotopic (exact) mass is 580 g/mol. The fourth-order valence-electron chi connectivity index (χ4n) is 3.92. The average Bonchev–Trinajstić information content (AvgIpc) is 3.40. The van der Waals surface area contributed by atoms with Gasteiger partial charge in [-0.15, -0.1) is 24.5 Å². The highest BCUT2D eigenvalue weighted by Gasteiger charge is 2.52. The number of ether oxygens (including phenoxy) is 1. The van der Waals surface area contributed by atoms with E-state index in [4.69, 9.17) is 11.6 Å². The third kappa shape index (κ3) is 6.64. The molecular formula is C23H18ClF5N2O4S2. The summed E-state index contributed by atoms with van der Waals surface area (Å²) < 4.78 is 95.7. The maximum atomic E-state index is 14.2. The third-order valence-electron chi connectivity index (χ3n) is 5.58. The lowest BCUT2D eigenvalue weighted by Gasteiger charge is -2.21. The number of pyridine rings is 1. The summed E-state index contributed by atoms with van der Waals surface area (Å²) in [6.45, 7) is -1.10. The Bertz CT molecular complexity index is 1390. The molecule has 0 amide bonds. The predicted molar refractivity (Wildman–Crippen MR) is 126 cm³/mol. The van der Waals surface area contributed by atoms with E-state index in [0.29, 0.717) is 21.1 Å². The number of Topliss-reactive ketones (excluding diaryl/α,β-unsaturated/α-hetero) is 1. The van der Waals surface area contributed by atoms with Crippen LogP contribution in [0, 0.1) is 0 Å². The van der Waals surface area contributed by atoms with Crippen LogP contribution in [0.1, 0.15) is 18.4 Å². The van der Waals surface area contributed by atoms with E-state index < -0.39 is 52.8 Å². The first-order valence-electron chi connectivity index (χ1n) is 10.7. The molecule has 0 N–H and O–H groups in total. The van der Waals surface area contributed by atoms with E-state index in [1.54, 1.807) is 12.1 Å². The predicted octanol–water partition coefficient (Wildman–Crippen LogP) is 5.96. The van der Waals surface area contributed by atoms with Crippen LogP contribution in [0.3, 0.4) is 0 Å². The Morgan fingerprint density at radius 3 is 2.49 bits per heavy atom. The Kier molecular flexibility index (Phi) is 7.62. The first-order chi connectivity index (χ1) is 17.2. The molecule has 6 nitrogen and oxygen atoms in total. The largest absolute Gasteiger partial charge is 0.573 e. The van der Waals surface area contributed by atoms with Crippen molar-refractivity contribution >= 4 is 38.7 Å². The molecule has 0 unspecified atom stereocenters. The van der Waals surface area contributed by atoms with Crippen LogP contribution in [0.15, 0.2) is 58.9 Å². The number of aryl methyl sites for hydroxylation is 1. The van der Waals surface area contributed by atoms with Crippen LogP contribution >= 0.6 is 22.9 Å². The van der Waals surface area contributed by atoms with Crippen molar-refractivity contribution in [2.45, 2.75) is 41.8 Å².